The summed E-state index contributed by atoms with van der Waals surface area (Å²) in [4.78, 5) is 17.8. The molecule has 0 radical (unpaired) electrons. The van der Waals surface area contributed by atoms with Crippen LogP contribution in [0.4, 0.5) is 17.6 Å². The molecule has 1 unspecified atom stereocenters. The first-order valence-corrected chi connectivity index (χ1v) is 22.8. The smallest absolute Gasteiger partial charge is 0.171 e. The van der Waals surface area contributed by atoms with Gasteiger partial charge in [0.15, 0.2) is 46.3 Å². The number of halogens is 4. The molecule has 2 saturated heterocycles. The number of hydrogen-bond acceptors (Lipinski definition) is 10. The molecule has 8 heterocycles. The van der Waals surface area contributed by atoms with Crippen molar-refractivity contribution in [3.8, 4) is 45.3 Å². The minimum absolute atomic E-state index is 0.0511. The Labute approximate surface area is 389 Å². The largest absolute Gasteiger partial charge is 0.494 e. The van der Waals surface area contributed by atoms with Crippen LogP contribution in [0, 0.1) is 23.3 Å². The molecule has 0 spiro atoms. The van der Waals surface area contributed by atoms with E-state index in [1.54, 1.807) is 31.0 Å². The Kier molecular flexibility index (Phi) is 12.5. The quantitative estimate of drug-likeness (QED) is 0.0853. The molecule has 0 saturated carbocycles. The predicted octanol–water partition coefficient (Wildman–Crippen LogP) is 8.96. The monoisotopic (exact) mass is 932 g/mol. The van der Waals surface area contributed by atoms with Crippen molar-refractivity contribution in [3.05, 3.63) is 119 Å². The lowest BCUT2D eigenvalue weighted by atomic mass is 10.0. The third-order valence-electron chi connectivity index (χ3n) is 13.6. The topological polar surface area (TPSA) is 145 Å². The number of nitrogens with zero attached hydrogens (tertiary/aromatic N) is 7. The zero-order valence-corrected chi connectivity index (χ0v) is 38.2. The summed E-state index contributed by atoms with van der Waals surface area (Å²) in [5, 5.41) is 14.2. The maximum atomic E-state index is 16.3. The van der Waals surface area contributed by atoms with Gasteiger partial charge in [0.05, 0.1) is 45.8 Å². The molecule has 1 atom stereocenters. The number of methoxy groups -OCH3 is 3. The predicted molar refractivity (Wildman–Crippen MR) is 249 cm³/mol. The fraction of sp³-hybridized carbons (Fsp3) is 0.360. The van der Waals surface area contributed by atoms with Crippen molar-refractivity contribution >= 4 is 22.1 Å². The number of likely N-dealkylation sites (tertiary alicyclic amines) is 1. The summed E-state index contributed by atoms with van der Waals surface area (Å²) in [6.45, 7) is 5.63. The fourth-order valence-corrected chi connectivity index (χ4v) is 9.60. The summed E-state index contributed by atoms with van der Waals surface area (Å²) in [7, 11) is 4.00. The van der Waals surface area contributed by atoms with Gasteiger partial charge in [0.25, 0.3) is 0 Å². The highest BCUT2D eigenvalue weighted by Crippen LogP contribution is 2.37. The van der Waals surface area contributed by atoms with Gasteiger partial charge in [-0.15, -0.1) is 0 Å². The van der Waals surface area contributed by atoms with Crippen molar-refractivity contribution in [2.75, 3.05) is 54.1 Å². The third kappa shape index (κ3) is 8.62. The second-order valence-corrected chi connectivity index (χ2v) is 17.6. The number of fused-ring (bicyclic) bond motifs is 2. The van der Waals surface area contributed by atoms with Crippen LogP contribution in [0.1, 0.15) is 66.9 Å². The molecule has 10 rings (SSSR count). The van der Waals surface area contributed by atoms with E-state index in [0.717, 1.165) is 84.9 Å². The van der Waals surface area contributed by atoms with E-state index < -0.39 is 23.3 Å². The van der Waals surface area contributed by atoms with E-state index in [1.165, 1.54) is 33.5 Å². The van der Waals surface area contributed by atoms with Crippen LogP contribution < -0.4 is 24.3 Å². The van der Waals surface area contributed by atoms with E-state index in [4.69, 9.17) is 24.0 Å². The van der Waals surface area contributed by atoms with Crippen molar-refractivity contribution in [1.29, 1.82) is 0 Å². The Morgan fingerprint density at radius 1 is 0.603 bits per heavy atom. The van der Waals surface area contributed by atoms with Crippen LogP contribution in [0.5, 0.6) is 23.0 Å². The van der Waals surface area contributed by atoms with Crippen molar-refractivity contribution in [2.24, 2.45) is 0 Å². The van der Waals surface area contributed by atoms with Crippen molar-refractivity contribution in [2.45, 2.75) is 63.6 Å². The van der Waals surface area contributed by atoms with Crippen LogP contribution in [0.15, 0.2) is 73.8 Å². The molecular weight excluding hydrogens is 881 g/mol. The first-order chi connectivity index (χ1) is 33.1. The van der Waals surface area contributed by atoms with Gasteiger partial charge >= 0.3 is 0 Å². The second kappa shape index (κ2) is 19.0. The summed E-state index contributed by atoms with van der Waals surface area (Å²) >= 11 is 0. The summed E-state index contributed by atoms with van der Waals surface area (Å²) in [6.07, 6.45) is 18.2. The van der Waals surface area contributed by atoms with Crippen molar-refractivity contribution in [3.63, 3.8) is 0 Å². The van der Waals surface area contributed by atoms with Crippen LogP contribution in [0.2, 0.25) is 0 Å². The lowest BCUT2D eigenvalue weighted by Crippen LogP contribution is -2.43. The number of H-pyrrole nitrogens is 2. The highest BCUT2D eigenvalue weighted by atomic mass is 19.1. The van der Waals surface area contributed by atoms with E-state index >= 15 is 17.6 Å². The van der Waals surface area contributed by atoms with Crippen LogP contribution >= 0.6 is 0 Å². The highest BCUT2D eigenvalue weighted by molar-refractivity contribution is 5.86. The van der Waals surface area contributed by atoms with Gasteiger partial charge in [-0.05, 0) is 69.0 Å². The molecule has 6 aromatic heterocycles. The fourth-order valence-electron chi connectivity index (χ4n) is 9.60. The van der Waals surface area contributed by atoms with Gasteiger partial charge in [-0.2, -0.15) is 10.2 Å². The molecule has 0 amide bonds. The van der Waals surface area contributed by atoms with E-state index in [9.17, 15) is 0 Å². The standard InChI is InChI=1S/C50H52F4N10O4/c1-28(27-68-44-18-43(67-4)47(53)40(48(44)54)16-32-22-59-50-38(32)13-29(19-56-50)33-23-60-63(25-33)35-5-9-55-10-6-35)62-11-7-36(8-12-62)64-26-34(24-61-64)30-14-37-31(21-58-49(37)57-20-30)15-39-45(51)41(65-2)17-42(66-3)46(39)52/h13-14,17-26,28,35-36,55H,5-12,15-16,27H2,1-4H3,(H,56,59)(H,57,58). The number of hydrogen-bond donors (Lipinski definition) is 3. The van der Waals surface area contributed by atoms with E-state index in [-0.39, 0.29) is 65.7 Å². The number of ether oxygens (including phenoxy) is 4. The van der Waals surface area contributed by atoms with Gasteiger partial charge in [-0.1, -0.05) is 0 Å². The normalized spacial score (nSPS) is 15.6. The molecule has 354 valence electrons. The number of nitrogens with one attached hydrogen (secondary N) is 3. The molecule has 8 aromatic rings. The lowest BCUT2D eigenvalue weighted by Gasteiger charge is -2.36. The Morgan fingerprint density at radius 2 is 1.06 bits per heavy atom. The van der Waals surface area contributed by atoms with Gasteiger partial charge in [0, 0.05) is 125 Å². The Bertz CT molecular complexity index is 3070. The number of piperidine rings is 2. The highest BCUT2D eigenvalue weighted by Gasteiger charge is 2.28. The second-order valence-electron chi connectivity index (χ2n) is 17.6. The Morgan fingerprint density at radius 3 is 1.54 bits per heavy atom. The minimum atomic E-state index is -0.784. The zero-order chi connectivity index (χ0) is 47.1. The zero-order valence-electron chi connectivity index (χ0n) is 38.2. The number of aromatic nitrogens is 8. The van der Waals surface area contributed by atoms with Gasteiger partial charge in [0.1, 0.15) is 17.9 Å². The number of rotatable bonds is 15. The van der Waals surface area contributed by atoms with E-state index in [0.29, 0.717) is 28.5 Å². The maximum Gasteiger partial charge on any atom is 0.171 e. The maximum absolute atomic E-state index is 16.3. The molecular formula is C50H52F4N10O4. The SMILES string of the molecule is COc1cc(OC)c(F)c(Cc2c[nH]c3ncc(-c4cnn(C5CCN(C(C)COc6cc(OC)c(F)c(Cc7c[nH]c8ncc(-c9cnn(C%10CCNCC%10)c9)cc78)c6F)CC5)c4)cc23)c1F. The molecule has 0 aliphatic carbocycles. The first kappa shape index (κ1) is 44.9. The molecule has 2 aliphatic heterocycles. The van der Waals surface area contributed by atoms with Crippen LogP contribution in [0.3, 0.4) is 0 Å². The summed E-state index contributed by atoms with van der Waals surface area (Å²) in [5.74, 6) is -3.50. The van der Waals surface area contributed by atoms with Crippen LogP contribution in [-0.2, 0) is 12.8 Å². The van der Waals surface area contributed by atoms with Gasteiger partial charge < -0.3 is 34.2 Å². The summed E-state index contributed by atoms with van der Waals surface area (Å²) in [5.41, 5.74) is 5.68. The molecule has 0 bridgehead atoms. The molecule has 2 aromatic carbocycles. The van der Waals surface area contributed by atoms with Gasteiger partial charge in [-0.25, -0.2) is 27.5 Å². The molecule has 3 N–H and O–H groups in total. The first-order valence-electron chi connectivity index (χ1n) is 22.8. The molecule has 2 aliphatic rings. The molecule has 68 heavy (non-hydrogen) atoms. The average molecular weight is 933 g/mol. The Hall–Kier alpha value is -6.92. The van der Waals surface area contributed by atoms with Crippen LogP contribution in [-0.4, -0.2) is 105 Å². The molecule has 18 heteroatoms. The number of benzene rings is 2. The summed E-state index contributed by atoms with van der Waals surface area (Å²) in [6, 6.07) is 6.79. The van der Waals surface area contributed by atoms with Gasteiger partial charge in [0.2, 0.25) is 0 Å². The summed E-state index contributed by atoms with van der Waals surface area (Å²) < 4.78 is 88.5. The van der Waals surface area contributed by atoms with Gasteiger partial charge in [-0.3, -0.25) is 14.3 Å². The third-order valence-corrected chi connectivity index (χ3v) is 13.6. The average Bonchev–Trinajstić information content (AvgIpc) is 4.22. The molecule has 2 fully saturated rings. The number of pyridine rings is 2. The molecule has 14 nitrogen and oxygen atoms in total. The lowest BCUT2D eigenvalue weighted by molar-refractivity contribution is 0.102. The van der Waals surface area contributed by atoms with E-state index in [2.05, 4.69) is 35.3 Å². The van der Waals surface area contributed by atoms with Crippen molar-refractivity contribution in [1.82, 2.24) is 49.7 Å². The van der Waals surface area contributed by atoms with Crippen LogP contribution in [0.25, 0.3) is 44.3 Å². The minimum Gasteiger partial charge on any atom is -0.494 e. The van der Waals surface area contributed by atoms with E-state index in [1.807, 2.05) is 47.0 Å². The number of aromatic amines is 2. The van der Waals surface area contributed by atoms with Crippen molar-refractivity contribution < 1.29 is 36.5 Å². The Balaban J connectivity index is 0.783.